The summed E-state index contributed by atoms with van der Waals surface area (Å²) < 4.78 is 11.4. The van der Waals surface area contributed by atoms with Gasteiger partial charge in [0.15, 0.2) is 0 Å². The van der Waals surface area contributed by atoms with Crippen molar-refractivity contribution in [2.24, 2.45) is 5.92 Å². The highest BCUT2D eigenvalue weighted by molar-refractivity contribution is 5.83. The van der Waals surface area contributed by atoms with Crippen molar-refractivity contribution < 1.29 is 14.3 Å². The molecule has 0 bridgehead atoms. The fourth-order valence-electron chi connectivity index (χ4n) is 3.58. The van der Waals surface area contributed by atoms with E-state index in [9.17, 15) is 4.79 Å². The van der Waals surface area contributed by atoms with Gasteiger partial charge in [0, 0.05) is 38.6 Å². The minimum atomic E-state index is -0.154. The molecular formula is C15H26N2O3. The Morgan fingerprint density at radius 2 is 2.25 bits per heavy atom. The quantitative estimate of drug-likeness (QED) is 0.814. The number of carbonyl (C=O) groups is 1. The summed E-state index contributed by atoms with van der Waals surface area (Å²) >= 11 is 0. The Balaban J connectivity index is 1.53. The highest BCUT2D eigenvalue weighted by Gasteiger charge is 2.42. The highest BCUT2D eigenvalue weighted by atomic mass is 16.6. The summed E-state index contributed by atoms with van der Waals surface area (Å²) in [5.74, 6) is 0.572. The van der Waals surface area contributed by atoms with Gasteiger partial charge in [0.2, 0.25) is 0 Å². The van der Waals surface area contributed by atoms with Gasteiger partial charge in [-0.1, -0.05) is 0 Å². The van der Waals surface area contributed by atoms with E-state index in [0.29, 0.717) is 25.5 Å². The number of ether oxygens (including phenoxy) is 2. The van der Waals surface area contributed by atoms with Crippen LogP contribution in [0.4, 0.5) is 0 Å². The van der Waals surface area contributed by atoms with E-state index < -0.39 is 0 Å². The predicted octanol–water partition coefficient (Wildman–Crippen LogP) is 0.437. The molecule has 3 heterocycles. The minimum absolute atomic E-state index is 0.154. The van der Waals surface area contributed by atoms with E-state index in [1.165, 1.54) is 0 Å². The maximum Gasteiger partial charge on any atom is 0.150 e. The Labute approximate surface area is 121 Å². The summed E-state index contributed by atoms with van der Waals surface area (Å²) in [6, 6.07) is 0. The minimum Gasteiger partial charge on any atom is -0.378 e. The first-order valence-electron chi connectivity index (χ1n) is 7.95. The molecule has 0 saturated carbocycles. The summed E-state index contributed by atoms with van der Waals surface area (Å²) in [6.07, 6.45) is 3.83. The normalized spacial score (nSPS) is 36.1. The molecule has 0 aromatic carbocycles. The van der Waals surface area contributed by atoms with Crippen LogP contribution in [0.3, 0.4) is 0 Å². The second-order valence-electron chi connectivity index (χ2n) is 6.37. The SMILES string of the molecule is O=C(CN1CCCNCC1)C1CCOC2(CCOC2)C1. The molecule has 0 amide bonds. The average Bonchev–Trinajstić information content (AvgIpc) is 2.74. The van der Waals surface area contributed by atoms with Crippen molar-refractivity contribution in [2.45, 2.75) is 31.3 Å². The molecule has 3 fully saturated rings. The van der Waals surface area contributed by atoms with Crippen LogP contribution in [0.1, 0.15) is 25.7 Å². The van der Waals surface area contributed by atoms with Crippen molar-refractivity contribution in [3.63, 3.8) is 0 Å². The van der Waals surface area contributed by atoms with Crippen LogP contribution in [0.15, 0.2) is 0 Å². The van der Waals surface area contributed by atoms with Crippen molar-refractivity contribution in [1.82, 2.24) is 10.2 Å². The number of hydrogen-bond acceptors (Lipinski definition) is 5. The van der Waals surface area contributed by atoms with Gasteiger partial charge < -0.3 is 14.8 Å². The number of nitrogens with zero attached hydrogens (tertiary/aromatic N) is 1. The first-order chi connectivity index (χ1) is 9.77. The van der Waals surface area contributed by atoms with Gasteiger partial charge >= 0.3 is 0 Å². The zero-order valence-corrected chi connectivity index (χ0v) is 12.2. The number of rotatable bonds is 3. The van der Waals surface area contributed by atoms with Crippen molar-refractivity contribution in [2.75, 3.05) is 52.5 Å². The molecule has 1 spiro atoms. The molecule has 20 heavy (non-hydrogen) atoms. The lowest BCUT2D eigenvalue weighted by atomic mass is 9.83. The highest BCUT2D eigenvalue weighted by Crippen LogP contribution is 2.36. The summed E-state index contributed by atoms with van der Waals surface area (Å²) in [4.78, 5) is 14.9. The maximum atomic E-state index is 12.6. The third-order valence-electron chi connectivity index (χ3n) is 4.83. The molecule has 3 aliphatic heterocycles. The fraction of sp³-hybridized carbons (Fsp3) is 0.933. The van der Waals surface area contributed by atoms with E-state index in [-0.39, 0.29) is 11.5 Å². The molecule has 3 saturated heterocycles. The van der Waals surface area contributed by atoms with Crippen LogP contribution in [0.2, 0.25) is 0 Å². The van der Waals surface area contributed by atoms with Crippen molar-refractivity contribution in [1.29, 1.82) is 0 Å². The van der Waals surface area contributed by atoms with E-state index in [1.54, 1.807) is 0 Å². The van der Waals surface area contributed by atoms with E-state index in [1.807, 2.05) is 0 Å². The number of hydrogen-bond donors (Lipinski definition) is 1. The molecule has 5 nitrogen and oxygen atoms in total. The topological polar surface area (TPSA) is 50.8 Å². The maximum absolute atomic E-state index is 12.6. The molecular weight excluding hydrogens is 256 g/mol. The fourth-order valence-corrected chi connectivity index (χ4v) is 3.58. The molecule has 114 valence electrons. The predicted molar refractivity (Wildman–Crippen MR) is 75.8 cm³/mol. The largest absolute Gasteiger partial charge is 0.378 e. The zero-order valence-electron chi connectivity index (χ0n) is 12.2. The molecule has 3 aliphatic rings. The van der Waals surface area contributed by atoms with Gasteiger partial charge in [-0.3, -0.25) is 9.69 Å². The molecule has 0 radical (unpaired) electrons. The number of nitrogens with one attached hydrogen (secondary N) is 1. The van der Waals surface area contributed by atoms with Crippen LogP contribution < -0.4 is 5.32 Å². The van der Waals surface area contributed by atoms with Crippen molar-refractivity contribution in [3.05, 3.63) is 0 Å². The van der Waals surface area contributed by atoms with Gasteiger partial charge in [-0.25, -0.2) is 0 Å². The molecule has 5 heteroatoms. The smallest absolute Gasteiger partial charge is 0.150 e. The Morgan fingerprint density at radius 1 is 1.30 bits per heavy atom. The van der Waals surface area contributed by atoms with Gasteiger partial charge in [-0.2, -0.15) is 0 Å². The Kier molecular flexibility index (Phi) is 4.71. The molecule has 2 unspecified atom stereocenters. The van der Waals surface area contributed by atoms with E-state index in [2.05, 4.69) is 10.2 Å². The van der Waals surface area contributed by atoms with Gasteiger partial charge in [-0.05, 0) is 32.4 Å². The molecule has 0 aromatic rings. The first kappa shape index (κ1) is 14.4. The van der Waals surface area contributed by atoms with E-state index >= 15 is 0 Å². The molecule has 0 aliphatic carbocycles. The summed E-state index contributed by atoms with van der Waals surface area (Å²) in [6.45, 7) is 6.87. The second-order valence-corrected chi connectivity index (χ2v) is 6.37. The van der Waals surface area contributed by atoms with E-state index in [0.717, 1.165) is 58.5 Å². The van der Waals surface area contributed by atoms with Crippen molar-refractivity contribution >= 4 is 5.78 Å². The Hall–Kier alpha value is -0.490. The van der Waals surface area contributed by atoms with Crippen LogP contribution in [0.5, 0.6) is 0 Å². The monoisotopic (exact) mass is 282 g/mol. The second kappa shape index (κ2) is 6.52. The number of ketones is 1. The van der Waals surface area contributed by atoms with Gasteiger partial charge in [0.25, 0.3) is 0 Å². The van der Waals surface area contributed by atoms with Crippen LogP contribution in [-0.2, 0) is 14.3 Å². The lowest BCUT2D eigenvalue weighted by Crippen LogP contribution is -2.45. The lowest BCUT2D eigenvalue weighted by Gasteiger charge is -2.37. The number of carbonyl (C=O) groups excluding carboxylic acids is 1. The third kappa shape index (κ3) is 3.39. The Bertz CT molecular complexity index is 334. The summed E-state index contributed by atoms with van der Waals surface area (Å²) in [5, 5.41) is 3.38. The number of Topliss-reactive ketones (excluding diaryl/α,β-unsaturated/α-hetero) is 1. The molecule has 2 atom stereocenters. The van der Waals surface area contributed by atoms with Gasteiger partial charge in [0.05, 0.1) is 18.8 Å². The Morgan fingerprint density at radius 3 is 3.10 bits per heavy atom. The average molecular weight is 282 g/mol. The van der Waals surface area contributed by atoms with Crippen molar-refractivity contribution in [3.8, 4) is 0 Å². The van der Waals surface area contributed by atoms with Gasteiger partial charge in [-0.15, -0.1) is 0 Å². The van der Waals surface area contributed by atoms with Gasteiger partial charge in [0.1, 0.15) is 5.78 Å². The van der Waals surface area contributed by atoms with E-state index in [4.69, 9.17) is 9.47 Å². The van der Waals surface area contributed by atoms with Crippen LogP contribution in [-0.4, -0.2) is 68.8 Å². The standard InChI is InChI=1S/C15H26N2O3/c18-14(11-17-6-1-4-16-5-7-17)13-2-8-20-15(10-13)3-9-19-12-15/h13,16H,1-12H2. The summed E-state index contributed by atoms with van der Waals surface area (Å²) in [5.41, 5.74) is -0.154. The first-order valence-corrected chi connectivity index (χ1v) is 7.95. The molecule has 3 rings (SSSR count). The molecule has 0 aromatic heterocycles. The van der Waals surface area contributed by atoms with Crippen LogP contribution >= 0.6 is 0 Å². The summed E-state index contributed by atoms with van der Waals surface area (Å²) in [7, 11) is 0. The third-order valence-corrected chi connectivity index (χ3v) is 4.83. The lowest BCUT2D eigenvalue weighted by molar-refractivity contribution is -0.138. The zero-order chi connectivity index (χ0) is 13.8. The van der Waals surface area contributed by atoms with Crippen LogP contribution in [0.25, 0.3) is 0 Å². The molecule has 1 N–H and O–H groups in total. The van der Waals surface area contributed by atoms with Crippen LogP contribution in [0, 0.1) is 5.92 Å².